The number of carbonyl (C=O) groups is 2. The molecule has 0 saturated heterocycles. The Hall–Kier alpha value is -1.30. The maximum atomic E-state index is 12.0. The normalized spacial score (nSPS) is 14.3. The Morgan fingerprint density at radius 3 is 2.05 bits per heavy atom. The van der Waals surface area contributed by atoms with Crippen LogP contribution >= 0.6 is 0 Å². The molecule has 0 fully saturated rings. The van der Waals surface area contributed by atoms with Crippen LogP contribution in [0.5, 0.6) is 0 Å². The van der Waals surface area contributed by atoms with Gasteiger partial charge in [-0.05, 0) is 24.7 Å². The highest BCUT2D eigenvalue weighted by molar-refractivity contribution is 5.83. The second kappa shape index (κ2) is 8.74. The lowest BCUT2D eigenvalue weighted by molar-refractivity contribution is -0.131. The van der Waals surface area contributed by atoms with E-state index in [0.717, 1.165) is 0 Å². The van der Waals surface area contributed by atoms with Crippen LogP contribution in [0.4, 0.5) is 4.79 Å². The van der Waals surface area contributed by atoms with E-state index in [9.17, 15) is 14.7 Å². The van der Waals surface area contributed by atoms with Crippen LogP contribution in [0.2, 0.25) is 0 Å². The Labute approximate surface area is 114 Å². The summed E-state index contributed by atoms with van der Waals surface area (Å²) in [6.07, 6.45) is -0.814. The third-order valence-corrected chi connectivity index (χ3v) is 2.56. The molecule has 0 saturated carbocycles. The number of carbonyl (C=O) groups excluding carboxylic acids is 2. The number of hydrogen-bond donors (Lipinski definition) is 3. The minimum atomic E-state index is -0.967. The zero-order valence-corrected chi connectivity index (χ0v) is 12.2. The first-order valence-electron chi connectivity index (χ1n) is 6.63. The Morgan fingerprint density at radius 2 is 1.68 bits per heavy atom. The molecule has 0 spiro atoms. The van der Waals surface area contributed by atoms with Gasteiger partial charge in [0.25, 0.3) is 5.91 Å². The van der Waals surface area contributed by atoms with Crippen molar-refractivity contribution < 1.29 is 19.4 Å². The minimum Gasteiger partial charge on any atom is -0.436 e. The van der Waals surface area contributed by atoms with Gasteiger partial charge in [0.1, 0.15) is 0 Å². The van der Waals surface area contributed by atoms with Gasteiger partial charge < -0.3 is 20.9 Å². The van der Waals surface area contributed by atoms with E-state index in [2.05, 4.69) is 5.32 Å². The Bertz CT molecular complexity index is 292. The topological polar surface area (TPSA) is 102 Å². The van der Waals surface area contributed by atoms with Gasteiger partial charge in [-0.2, -0.15) is 0 Å². The largest absolute Gasteiger partial charge is 0.436 e. The first-order valence-corrected chi connectivity index (χ1v) is 6.63. The van der Waals surface area contributed by atoms with Crippen LogP contribution in [0.15, 0.2) is 0 Å². The van der Waals surface area contributed by atoms with Gasteiger partial charge in [-0.3, -0.25) is 4.79 Å². The van der Waals surface area contributed by atoms with Crippen molar-refractivity contribution in [1.82, 2.24) is 5.32 Å². The summed E-state index contributed by atoms with van der Waals surface area (Å²) in [4.78, 5) is 22.8. The highest BCUT2D eigenvalue weighted by Gasteiger charge is 2.25. The maximum absolute atomic E-state index is 12.0. The van der Waals surface area contributed by atoms with Crippen LogP contribution in [0.1, 0.15) is 40.5 Å². The van der Waals surface area contributed by atoms with Gasteiger partial charge in [0.2, 0.25) is 0 Å². The van der Waals surface area contributed by atoms with Crippen molar-refractivity contribution in [2.75, 3.05) is 6.61 Å². The van der Waals surface area contributed by atoms with Crippen LogP contribution in [0.3, 0.4) is 0 Å². The van der Waals surface area contributed by atoms with Crippen molar-refractivity contribution in [3.63, 3.8) is 0 Å². The second-order valence-corrected chi connectivity index (χ2v) is 5.57. The average molecular weight is 274 g/mol. The van der Waals surface area contributed by atoms with Crippen LogP contribution < -0.4 is 11.1 Å². The highest BCUT2D eigenvalue weighted by atomic mass is 16.6. The van der Waals surface area contributed by atoms with Gasteiger partial charge in [0.05, 0.1) is 12.6 Å². The lowest BCUT2D eigenvalue weighted by atomic mass is 10.0. The molecule has 6 heteroatoms. The molecule has 112 valence electrons. The van der Waals surface area contributed by atoms with E-state index >= 15 is 0 Å². The summed E-state index contributed by atoms with van der Waals surface area (Å²) in [6.45, 7) is 7.69. The fourth-order valence-electron chi connectivity index (χ4n) is 1.82. The molecular weight excluding hydrogens is 248 g/mol. The molecule has 0 aromatic heterocycles. The summed E-state index contributed by atoms with van der Waals surface area (Å²) in [5.41, 5.74) is 4.96. The predicted molar refractivity (Wildman–Crippen MR) is 72.4 cm³/mol. The average Bonchev–Trinajstić information content (AvgIpc) is 2.25. The smallest absolute Gasteiger partial charge is 0.405 e. The number of nitrogens with two attached hydrogens (primary N) is 1. The standard InChI is InChI=1S/C13H26N2O4/c1-8(2)5-10(7-16)15-12(17)11(6-9(3)4)19-13(14)18/h8-11,16H,5-7H2,1-4H3,(H2,14,18)(H,15,17)/t10-,11-/m0/s1. The van der Waals surface area contributed by atoms with E-state index in [1.54, 1.807) is 0 Å². The molecule has 4 N–H and O–H groups in total. The van der Waals surface area contributed by atoms with E-state index in [1.165, 1.54) is 0 Å². The molecule has 2 amide bonds. The fourth-order valence-corrected chi connectivity index (χ4v) is 1.82. The molecule has 0 bridgehead atoms. The van der Waals surface area contributed by atoms with Crippen molar-refractivity contribution in [2.24, 2.45) is 17.6 Å². The molecule has 0 aliphatic heterocycles. The summed E-state index contributed by atoms with van der Waals surface area (Å²) in [6, 6.07) is -0.335. The van der Waals surface area contributed by atoms with E-state index in [-0.39, 0.29) is 18.6 Å². The quantitative estimate of drug-likeness (QED) is 0.615. The Kier molecular flexibility index (Phi) is 8.14. The molecular formula is C13H26N2O4. The summed E-state index contributed by atoms with van der Waals surface area (Å²) in [5, 5.41) is 11.9. The molecule has 6 nitrogen and oxygen atoms in total. The zero-order valence-electron chi connectivity index (χ0n) is 12.2. The number of nitrogens with one attached hydrogen (secondary N) is 1. The third-order valence-electron chi connectivity index (χ3n) is 2.56. The number of amides is 2. The summed E-state index contributed by atoms with van der Waals surface area (Å²) in [7, 11) is 0. The van der Waals surface area contributed by atoms with Crippen molar-refractivity contribution >= 4 is 12.0 Å². The molecule has 0 aromatic carbocycles. The van der Waals surface area contributed by atoms with Crippen molar-refractivity contribution in [3.8, 4) is 0 Å². The SMILES string of the molecule is CC(C)C[C@@H](CO)NC(=O)[C@H](CC(C)C)OC(N)=O. The molecule has 19 heavy (non-hydrogen) atoms. The summed E-state index contributed by atoms with van der Waals surface area (Å²) >= 11 is 0. The first-order chi connectivity index (χ1) is 8.76. The Morgan fingerprint density at radius 1 is 1.16 bits per heavy atom. The van der Waals surface area contributed by atoms with Crippen molar-refractivity contribution in [1.29, 1.82) is 0 Å². The summed E-state index contributed by atoms with van der Waals surface area (Å²) in [5.74, 6) is 0.123. The van der Waals surface area contributed by atoms with Crippen LogP contribution in [-0.4, -0.2) is 35.9 Å². The highest BCUT2D eigenvalue weighted by Crippen LogP contribution is 2.10. The van der Waals surface area contributed by atoms with Crippen LogP contribution in [0, 0.1) is 11.8 Å². The van der Waals surface area contributed by atoms with Gasteiger partial charge in [-0.25, -0.2) is 4.79 Å². The van der Waals surface area contributed by atoms with Gasteiger partial charge >= 0.3 is 6.09 Å². The van der Waals surface area contributed by atoms with E-state index in [0.29, 0.717) is 18.8 Å². The number of aliphatic hydroxyl groups excluding tert-OH is 1. The van der Waals surface area contributed by atoms with E-state index in [4.69, 9.17) is 10.5 Å². The molecule has 0 aliphatic rings. The molecule has 0 unspecified atom stereocenters. The lowest BCUT2D eigenvalue weighted by Crippen LogP contribution is -2.46. The molecule has 0 heterocycles. The minimum absolute atomic E-state index is 0.144. The van der Waals surface area contributed by atoms with E-state index in [1.807, 2.05) is 27.7 Å². The maximum Gasteiger partial charge on any atom is 0.405 e. The number of aliphatic hydroxyl groups is 1. The first kappa shape index (κ1) is 17.7. The fraction of sp³-hybridized carbons (Fsp3) is 0.846. The van der Waals surface area contributed by atoms with Gasteiger partial charge in [-0.15, -0.1) is 0 Å². The molecule has 0 radical (unpaired) electrons. The van der Waals surface area contributed by atoms with Gasteiger partial charge in [0, 0.05) is 0 Å². The monoisotopic (exact) mass is 274 g/mol. The van der Waals surface area contributed by atoms with Crippen molar-refractivity contribution in [2.45, 2.75) is 52.7 Å². The second-order valence-electron chi connectivity index (χ2n) is 5.57. The molecule has 0 rings (SSSR count). The van der Waals surface area contributed by atoms with Crippen molar-refractivity contribution in [3.05, 3.63) is 0 Å². The Balaban J connectivity index is 4.55. The number of hydrogen-bond acceptors (Lipinski definition) is 4. The number of primary amides is 1. The molecule has 2 atom stereocenters. The number of ether oxygens (including phenoxy) is 1. The third kappa shape index (κ3) is 8.42. The van der Waals surface area contributed by atoms with Crippen LogP contribution in [0.25, 0.3) is 0 Å². The van der Waals surface area contributed by atoms with E-state index < -0.39 is 18.1 Å². The van der Waals surface area contributed by atoms with Crippen LogP contribution in [-0.2, 0) is 9.53 Å². The van der Waals surface area contributed by atoms with Gasteiger partial charge in [0.15, 0.2) is 6.10 Å². The zero-order chi connectivity index (χ0) is 15.0. The molecule has 0 aliphatic carbocycles. The predicted octanol–water partition coefficient (Wildman–Crippen LogP) is 1.02. The lowest BCUT2D eigenvalue weighted by Gasteiger charge is -2.23. The summed E-state index contributed by atoms with van der Waals surface area (Å²) < 4.78 is 4.82. The molecule has 0 aromatic rings. The number of rotatable bonds is 8. The van der Waals surface area contributed by atoms with Gasteiger partial charge in [-0.1, -0.05) is 27.7 Å².